The summed E-state index contributed by atoms with van der Waals surface area (Å²) < 4.78 is 172. The number of esters is 1. The molecule has 2 aromatic carbocycles. The molecule has 0 aliphatic carbocycles. The van der Waals surface area contributed by atoms with Crippen LogP contribution in [-0.2, 0) is 0 Å². The summed E-state index contributed by atoms with van der Waals surface area (Å²) in [5, 5.41) is 0. The van der Waals surface area contributed by atoms with Crippen LogP contribution < -0.4 is 14.2 Å². The van der Waals surface area contributed by atoms with Crippen molar-refractivity contribution in [3.05, 3.63) is 54.1 Å². The van der Waals surface area contributed by atoms with Crippen molar-refractivity contribution >= 4 is 5.97 Å². The van der Waals surface area contributed by atoms with Crippen molar-refractivity contribution < 1.29 is 71.7 Å². The SMILES string of the molecule is CCCCCCCCOc1ccc(C(=O)Oc2ccc(OC(F)C(F)(F)C(F)(F)C(F)(F)C(F)(F)C(F)(F)F)cc2)cc1. The first-order chi connectivity index (χ1) is 19.8. The lowest BCUT2D eigenvalue weighted by Crippen LogP contribution is -2.68. The standard InChI is InChI=1S/C27H26F12O4/c1-2-3-4-5-6-7-16-41-18-10-8-17(9-11-18)21(40)42-19-12-14-20(15-13-19)43-22(28)23(29,30)24(31,32)25(33,34)26(35,36)27(37,38)39/h8-15,22H,2-7,16H2,1H3. The minimum atomic E-state index is -7.77. The molecule has 16 heteroatoms. The second kappa shape index (κ2) is 14.0. The highest BCUT2D eigenvalue weighted by Gasteiger charge is 2.88. The van der Waals surface area contributed by atoms with E-state index in [2.05, 4.69) is 11.7 Å². The monoisotopic (exact) mass is 642 g/mol. The maximum Gasteiger partial charge on any atom is 0.460 e. The van der Waals surface area contributed by atoms with Crippen molar-refractivity contribution in [1.82, 2.24) is 0 Å². The molecule has 43 heavy (non-hydrogen) atoms. The number of ether oxygens (including phenoxy) is 3. The van der Waals surface area contributed by atoms with Gasteiger partial charge < -0.3 is 14.2 Å². The molecule has 0 fully saturated rings. The van der Waals surface area contributed by atoms with Crippen molar-refractivity contribution in [2.45, 2.75) is 81.7 Å². The number of benzene rings is 2. The van der Waals surface area contributed by atoms with E-state index in [0.29, 0.717) is 24.5 Å². The fraction of sp³-hybridized carbons (Fsp3) is 0.519. The summed E-state index contributed by atoms with van der Waals surface area (Å²) in [4.78, 5) is 12.3. The molecule has 0 aliphatic heterocycles. The first-order valence-corrected chi connectivity index (χ1v) is 12.7. The Hall–Kier alpha value is -3.33. The van der Waals surface area contributed by atoms with E-state index in [9.17, 15) is 57.5 Å². The van der Waals surface area contributed by atoms with Crippen LogP contribution in [0.25, 0.3) is 0 Å². The fourth-order valence-corrected chi connectivity index (χ4v) is 3.43. The van der Waals surface area contributed by atoms with Crippen molar-refractivity contribution in [3.63, 3.8) is 0 Å². The third-order valence-corrected chi connectivity index (χ3v) is 5.98. The van der Waals surface area contributed by atoms with Gasteiger partial charge >= 0.3 is 42.2 Å². The van der Waals surface area contributed by atoms with Crippen LogP contribution in [0.3, 0.4) is 0 Å². The van der Waals surface area contributed by atoms with Crippen molar-refractivity contribution in [2.24, 2.45) is 0 Å². The number of carbonyl (C=O) groups is 1. The fourth-order valence-electron chi connectivity index (χ4n) is 3.43. The van der Waals surface area contributed by atoms with Crippen molar-refractivity contribution in [3.8, 4) is 17.2 Å². The predicted octanol–water partition coefficient (Wildman–Crippen LogP) is 9.42. The molecule has 0 spiro atoms. The molecular weight excluding hydrogens is 616 g/mol. The number of hydrogen-bond donors (Lipinski definition) is 0. The average Bonchev–Trinajstić information content (AvgIpc) is 2.93. The van der Waals surface area contributed by atoms with Crippen LogP contribution in [0.5, 0.6) is 17.2 Å². The zero-order valence-electron chi connectivity index (χ0n) is 22.3. The summed E-state index contributed by atoms with van der Waals surface area (Å²) in [6, 6.07) is 8.37. The average molecular weight is 642 g/mol. The first kappa shape index (κ1) is 35.9. The van der Waals surface area contributed by atoms with Crippen LogP contribution >= 0.6 is 0 Å². The molecule has 0 radical (unpaired) electrons. The van der Waals surface area contributed by atoms with Gasteiger partial charge in [-0.25, -0.2) is 4.79 Å². The Morgan fingerprint density at radius 2 is 1.14 bits per heavy atom. The number of hydrogen-bond acceptors (Lipinski definition) is 4. The minimum absolute atomic E-state index is 0.0366. The largest absolute Gasteiger partial charge is 0.494 e. The molecule has 0 amide bonds. The summed E-state index contributed by atoms with van der Waals surface area (Å²) in [6.45, 7) is 2.58. The molecule has 2 rings (SSSR count). The molecule has 0 bridgehead atoms. The van der Waals surface area contributed by atoms with Gasteiger partial charge in [-0.3, -0.25) is 0 Å². The maximum absolute atomic E-state index is 13.9. The second-order valence-electron chi connectivity index (χ2n) is 9.28. The lowest BCUT2D eigenvalue weighted by atomic mass is 9.98. The molecule has 4 nitrogen and oxygen atoms in total. The molecule has 0 aromatic heterocycles. The Kier molecular flexibility index (Phi) is 11.7. The van der Waals surface area contributed by atoms with E-state index in [1.807, 2.05) is 0 Å². The van der Waals surface area contributed by atoms with Gasteiger partial charge in [0.2, 0.25) is 0 Å². The van der Waals surface area contributed by atoms with Gasteiger partial charge in [0.25, 0.3) is 0 Å². The van der Waals surface area contributed by atoms with E-state index in [-0.39, 0.29) is 11.3 Å². The topological polar surface area (TPSA) is 44.8 Å². The van der Waals surface area contributed by atoms with Crippen LogP contribution in [0.2, 0.25) is 0 Å². The van der Waals surface area contributed by atoms with Crippen LogP contribution in [0.4, 0.5) is 52.7 Å². The van der Waals surface area contributed by atoms with E-state index < -0.39 is 47.9 Å². The third-order valence-electron chi connectivity index (χ3n) is 5.98. The summed E-state index contributed by atoms with van der Waals surface area (Å²) >= 11 is 0. The highest BCUT2D eigenvalue weighted by Crippen LogP contribution is 2.58. The van der Waals surface area contributed by atoms with Crippen LogP contribution in [0, 0.1) is 0 Å². The van der Waals surface area contributed by atoms with E-state index in [0.717, 1.165) is 44.2 Å². The van der Waals surface area contributed by atoms with Gasteiger partial charge in [-0.2, -0.15) is 52.7 Å². The molecule has 0 heterocycles. The molecule has 0 N–H and O–H groups in total. The van der Waals surface area contributed by atoms with Gasteiger partial charge in [0.15, 0.2) is 0 Å². The zero-order valence-corrected chi connectivity index (χ0v) is 22.3. The summed E-state index contributed by atoms with van der Waals surface area (Å²) in [5.74, 6) is -31.7. The van der Waals surface area contributed by atoms with Gasteiger partial charge in [-0.1, -0.05) is 39.0 Å². The lowest BCUT2D eigenvalue weighted by Gasteiger charge is -2.37. The number of rotatable bonds is 16. The second-order valence-corrected chi connectivity index (χ2v) is 9.28. The van der Waals surface area contributed by atoms with E-state index in [4.69, 9.17) is 9.47 Å². The number of halogens is 12. The van der Waals surface area contributed by atoms with Gasteiger partial charge in [-0.15, -0.1) is 0 Å². The summed E-state index contributed by atoms with van der Waals surface area (Å²) in [5.41, 5.74) is 0.0366. The molecule has 242 valence electrons. The number of alkyl halides is 12. The Labute approximate surface area is 237 Å². The van der Waals surface area contributed by atoms with E-state index in [1.54, 1.807) is 0 Å². The summed E-state index contributed by atoms with van der Waals surface area (Å²) in [6.07, 6.45) is -5.80. The summed E-state index contributed by atoms with van der Waals surface area (Å²) in [7, 11) is 0. The molecule has 0 saturated heterocycles. The Bertz CT molecular complexity index is 1170. The minimum Gasteiger partial charge on any atom is -0.494 e. The predicted molar refractivity (Wildman–Crippen MR) is 128 cm³/mol. The Morgan fingerprint density at radius 3 is 1.67 bits per heavy atom. The van der Waals surface area contributed by atoms with Crippen LogP contribution in [0.15, 0.2) is 48.5 Å². The number of unbranched alkanes of at least 4 members (excludes halogenated alkanes) is 5. The third kappa shape index (κ3) is 8.19. The maximum atomic E-state index is 13.9. The van der Waals surface area contributed by atoms with Crippen LogP contribution in [0.1, 0.15) is 55.8 Å². The Morgan fingerprint density at radius 1 is 0.651 bits per heavy atom. The number of carbonyl (C=O) groups excluding carboxylic acids is 1. The van der Waals surface area contributed by atoms with Gasteiger partial charge in [-0.05, 0) is 55.0 Å². The Balaban J connectivity index is 1.98. The highest BCUT2D eigenvalue weighted by atomic mass is 19.4. The van der Waals surface area contributed by atoms with Gasteiger partial charge in [0.05, 0.1) is 12.2 Å². The van der Waals surface area contributed by atoms with Gasteiger partial charge in [0.1, 0.15) is 17.2 Å². The quantitative estimate of drug-likeness (QED) is 0.0793. The van der Waals surface area contributed by atoms with Crippen molar-refractivity contribution in [1.29, 1.82) is 0 Å². The smallest absolute Gasteiger partial charge is 0.460 e. The molecule has 0 saturated carbocycles. The van der Waals surface area contributed by atoms with Gasteiger partial charge in [0, 0.05) is 0 Å². The highest BCUT2D eigenvalue weighted by molar-refractivity contribution is 5.91. The van der Waals surface area contributed by atoms with E-state index in [1.165, 1.54) is 30.7 Å². The van der Waals surface area contributed by atoms with Crippen molar-refractivity contribution in [2.75, 3.05) is 6.61 Å². The molecule has 0 aliphatic rings. The van der Waals surface area contributed by atoms with E-state index >= 15 is 0 Å². The molecular formula is C27H26F12O4. The first-order valence-electron chi connectivity index (χ1n) is 12.7. The normalized spacial score (nSPS) is 13.9. The molecule has 2 aromatic rings. The van der Waals surface area contributed by atoms with Crippen LogP contribution in [-0.4, -0.2) is 48.8 Å². The molecule has 1 atom stereocenters. The zero-order chi connectivity index (χ0) is 32.7. The molecule has 1 unspecified atom stereocenters. The lowest BCUT2D eigenvalue weighted by molar-refractivity contribution is -0.432.